The number of unbranched alkanes of at least 4 members (excludes halogenated alkanes) is 3. The van der Waals surface area contributed by atoms with E-state index in [1.165, 1.54) is 37.8 Å². The first-order valence-corrected chi connectivity index (χ1v) is 10.1. The Morgan fingerprint density at radius 1 is 0.724 bits per heavy atom. The van der Waals surface area contributed by atoms with Gasteiger partial charge in [-0.3, -0.25) is 0 Å². The minimum absolute atomic E-state index is 0. The molecule has 0 aliphatic carbocycles. The maximum Gasteiger partial charge on any atom is 0.157 e. The average molecular weight is 532 g/mol. The van der Waals surface area contributed by atoms with E-state index < -0.39 is 0 Å². The lowest BCUT2D eigenvalue weighted by molar-refractivity contribution is 0.327. The van der Waals surface area contributed by atoms with Gasteiger partial charge in [0, 0.05) is 6.54 Å². The Morgan fingerprint density at radius 3 is 2.17 bits per heavy atom. The van der Waals surface area contributed by atoms with Crippen LogP contribution in [0.3, 0.4) is 0 Å². The van der Waals surface area contributed by atoms with E-state index in [4.69, 9.17) is 0 Å². The molecule has 0 atom stereocenters. The first kappa shape index (κ1) is 27.9. The molecule has 0 fully saturated rings. The number of nitrogens with one attached hydrogen (secondary N) is 1. The SMILES string of the molecule is Br.Br.CN(CCCCCCNCCc1ccc(O)c(O)c1)CCc1ccccc1. The molecule has 0 spiro atoms. The topological polar surface area (TPSA) is 55.7 Å². The van der Waals surface area contributed by atoms with Gasteiger partial charge in [0.25, 0.3) is 0 Å². The largest absolute Gasteiger partial charge is 0.504 e. The van der Waals surface area contributed by atoms with Crippen LogP contribution < -0.4 is 5.32 Å². The highest BCUT2D eigenvalue weighted by Crippen LogP contribution is 2.24. The number of benzene rings is 2. The zero-order valence-electron chi connectivity index (χ0n) is 17.3. The van der Waals surface area contributed by atoms with Crippen molar-refractivity contribution in [3.63, 3.8) is 0 Å². The number of hydrogen-bond donors (Lipinski definition) is 3. The van der Waals surface area contributed by atoms with Gasteiger partial charge in [-0.25, -0.2) is 0 Å². The number of nitrogens with zero attached hydrogens (tertiary/aromatic N) is 1. The fourth-order valence-electron chi connectivity index (χ4n) is 3.14. The molecule has 4 nitrogen and oxygen atoms in total. The van der Waals surface area contributed by atoms with E-state index in [1.807, 2.05) is 6.07 Å². The molecule has 0 unspecified atom stereocenters. The van der Waals surface area contributed by atoms with Crippen LogP contribution in [0.1, 0.15) is 36.8 Å². The van der Waals surface area contributed by atoms with Crippen molar-refractivity contribution < 1.29 is 10.2 Å². The molecule has 0 aliphatic rings. The number of phenols is 2. The van der Waals surface area contributed by atoms with Crippen LogP contribution in [0, 0.1) is 0 Å². The third-order valence-electron chi connectivity index (χ3n) is 4.90. The van der Waals surface area contributed by atoms with Crippen molar-refractivity contribution >= 4 is 34.0 Å². The Balaban J connectivity index is 0.00000392. The minimum atomic E-state index is -0.0579. The molecule has 164 valence electrons. The zero-order valence-corrected chi connectivity index (χ0v) is 20.8. The Hall–Kier alpha value is -1.08. The Morgan fingerprint density at radius 2 is 1.45 bits per heavy atom. The summed E-state index contributed by atoms with van der Waals surface area (Å²) in [6.45, 7) is 4.23. The highest BCUT2D eigenvalue weighted by atomic mass is 79.9. The quantitative estimate of drug-likeness (QED) is 0.248. The van der Waals surface area contributed by atoms with Crippen molar-refractivity contribution in [2.75, 3.05) is 33.2 Å². The van der Waals surface area contributed by atoms with Crippen molar-refractivity contribution in [3.8, 4) is 11.5 Å². The predicted molar refractivity (Wildman–Crippen MR) is 133 cm³/mol. The van der Waals surface area contributed by atoms with Crippen LogP contribution in [0.25, 0.3) is 0 Å². The number of rotatable bonds is 13. The molecule has 2 aromatic carbocycles. The smallest absolute Gasteiger partial charge is 0.157 e. The van der Waals surface area contributed by atoms with E-state index in [9.17, 15) is 10.2 Å². The molecular formula is C23H36Br2N2O2. The minimum Gasteiger partial charge on any atom is -0.504 e. The molecule has 29 heavy (non-hydrogen) atoms. The molecule has 2 rings (SSSR count). The van der Waals surface area contributed by atoms with Crippen molar-refractivity contribution in [2.45, 2.75) is 38.5 Å². The Bertz CT molecular complexity index is 657. The van der Waals surface area contributed by atoms with Crippen LogP contribution >= 0.6 is 34.0 Å². The van der Waals surface area contributed by atoms with E-state index in [1.54, 1.807) is 12.1 Å². The van der Waals surface area contributed by atoms with Gasteiger partial charge in [-0.05, 0) is 75.6 Å². The Kier molecular flexibility index (Phi) is 16.1. The number of aromatic hydroxyl groups is 2. The van der Waals surface area contributed by atoms with E-state index in [0.29, 0.717) is 0 Å². The third kappa shape index (κ3) is 12.3. The normalized spacial score (nSPS) is 10.4. The number of halogens is 2. The molecule has 0 aromatic heterocycles. The molecule has 0 bridgehead atoms. The highest BCUT2D eigenvalue weighted by Gasteiger charge is 2.01. The van der Waals surface area contributed by atoms with E-state index in [0.717, 1.165) is 38.0 Å². The number of phenolic OH excluding ortho intramolecular Hbond substituents is 2. The summed E-state index contributed by atoms with van der Waals surface area (Å²) >= 11 is 0. The van der Waals surface area contributed by atoms with Crippen molar-refractivity contribution in [1.29, 1.82) is 0 Å². The molecule has 2 aromatic rings. The lowest BCUT2D eigenvalue weighted by atomic mass is 10.1. The van der Waals surface area contributed by atoms with Gasteiger partial charge in [0.15, 0.2) is 11.5 Å². The molecule has 0 saturated heterocycles. The van der Waals surface area contributed by atoms with Crippen LogP contribution in [0.15, 0.2) is 48.5 Å². The van der Waals surface area contributed by atoms with Crippen molar-refractivity contribution in [1.82, 2.24) is 10.2 Å². The first-order chi connectivity index (χ1) is 13.1. The lowest BCUT2D eigenvalue weighted by Gasteiger charge is -2.16. The molecule has 0 heterocycles. The monoisotopic (exact) mass is 530 g/mol. The first-order valence-electron chi connectivity index (χ1n) is 10.1. The second-order valence-electron chi connectivity index (χ2n) is 7.28. The Labute approximate surface area is 196 Å². The third-order valence-corrected chi connectivity index (χ3v) is 4.90. The van der Waals surface area contributed by atoms with Gasteiger partial charge in [-0.1, -0.05) is 49.2 Å². The molecule has 0 radical (unpaired) electrons. The van der Waals surface area contributed by atoms with Crippen LogP contribution in [-0.4, -0.2) is 48.3 Å². The molecular weight excluding hydrogens is 496 g/mol. The van der Waals surface area contributed by atoms with E-state index >= 15 is 0 Å². The summed E-state index contributed by atoms with van der Waals surface area (Å²) in [7, 11) is 2.21. The molecule has 0 aliphatic heterocycles. The summed E-state index contributed by atoms with van der Waals surface area (Å²) in [6.07, 6.45) is 7.00. The maximum absolute atomic E-state index is 9.48. The summed E-state index contributed by atoms with van der Waals surface area (Å²) in [5.74, 6) is -0.0985. The fraction of sp³-hybridized carbons (Fsp3) is 0.478. The highest BCUT2D eigenvalue weighted by molar-refractivity contribution is 8.93. The van der Waals surface area contributed by atoms with Crippen LogP contribution in [0.2, 0.25) is 0 Å². The van der Waals surface area contributed by atoms with Crippen molar-refractivity contribution in [2.24, 2.45) is 0 Å². The predicted octanol–water partition coefficient (Wildman–Crippen LogP) is 5.12. The summed E-state index contributed by atoms with van der Waals surface area (Å²) in [5, 5.41) is 22.2. The summed E-state index contributed by atoms with van der Waals surface area (Å²) in [5.41, 5.74) is 2.45. The number of likely N-dealkylation sites (N-methyl/N-ethyl adjacent to an activating group) is 1. The molecule has 3 N–H and O–H groups in total. The van der Waals surface area contributed by atoms with E-state index in [2.05, 4.69) is 47.6 Å². The van der Waals surface area contributed by atoms with Gasteiger partial charge in [0.1, 0.15) is 0 Å². The lowest BCUT2D eigenvalue weighted by Crippen LogP contribution is -2.22. The van der Waals surface area contributed by atoms with Crippen LogP contribution in [0.4, 0.5) is 0 Å². The maximum atomic E-state index is 9.48. The van der Waals surface area contributed by atoms with Crippen LogP contribution in [0.5, 0.6) is 11.5 Å². The van der Waals surface area contributed by atoms with Gasteiger partial charge in [0.2, 0.25) is 0 Å². The van der Waals surface area contributed by atoms with Gasteiger partial charge in [0.05, 0.1) is 0 Å². The molecule has 0 amide bonds. The van der Waals surface area contributed by atoms with Gasteiger partial charge in [-0.2, -0.15) is 0 Å². The summed E-state index contributed by atoms with van der Waals surface area (Å²) in [6, 6.07) is 15.7. The molecule has 6 heteroatoms. The second kappa shape index (κ2) is 16.7. The van der Waals surface area contributed by atoms with E-state index in [-0.39, 0.29) is 45.5 Å². The molecule has 0 saturated carbocycles. The summed E-state index contributed by atoms with van der Waals surface area (Å²) < 4.78 is 0. The fourth-order valence-corrected chi connectivity index (χ4v) is 3.14. The van der Waals surface area contributed by atoms with Crippen LogP contribution in [-0.2, 0) is 12.8 Å². The van der Waals surface area contributed by atoms with Crippen molar-refractivity contribution in [3.05, 3.63) is 59.7 Å². The van der Waals surface area contributed by atoms with Gasteiger partial charge < -0.3 is 20.4 Å². The standard InChI is InChI=1S/C23H34N2O2.2BrH/c1-25(18-14-20-9-5-4-6-10-20)17-8-3-2-7-15-24-16-13-21-11-12-22(26)23(27)19-21;;/h4-6,9-12,19,24,26-27H,2-3,7-8,13-18H2,1H3;2*1H. The van der Waals surface area contributed by atoms with Gasteiger partial charge >= 0.3 is 0 Å². The summed E-state index contributed by atoms with van der Waals surface area (Å²) in [4.78, 5) is 2.43. The second-order valence-corrected chi connectivity index (χ2v) is 7.28. The number of hydrogen-bond acceptors (Lipinski definition) is 4. The zero-order chi connectivity index (χ0) is 19.3. The van der Waals surface area contributed by atoms with Gasteiger partial charge in [-0.15, -0.1) is 34.0 Å². The average Bonchev–Trinajstić information content (AvgIpc) is 2.68.